The first-order valence-electron chi connectivity index (χ1n) is 5.77. The van der Waals surface area contributed by atoms with Crippen LogP contribution in [0.3, 0.4) is 0 Å². The Bertz CT molecular complexity index is 124. The average molecular weight is 410 g/mol. The van der Waals surface area contributed by atoms with Crippen LogP contribution in [0.15, 0.2) is 0 Å². The number of hydrogen-bond donors (Lipinski definition) is 0. The third kappa shape index (κ3) is 18.3. The summed E-state index contributed by atoms with van der Waals surface area (Å²) >= 11 is 1.76. The van der Waals surface area contributed by atoms with Gasteiger partial charge in [0.1, 0.15) is 0 Å². The van der Waals surface area contributed by atoms with Crippen molar-refractivity contribution in [3.63, 3.8) is 0 Å². The maximum Gasteiger partial charge on any atom is -1.00 e. The van der Waals surface area contributed by atoms with Crippen LogP contribution in [0.5, 0.6) is 0 Å². The predicted octanol–water partition coefficient (Wildman–Crippen LogP) is -4.81. The van der Waals surface area contributed by atoms with Gasteiger partial charge in [0, 0.05) is 0 Å². The molecule has 0 N–H and O–H groups in total. The van der Waals surface area contributed by atoms with Crippen molar-refractivity contribution in [2.45, 2.75) is 68.6 Å². The molecule has 0 heterocycles. The monoisotopic (exact) mass is 410 g/mol. The smallest absolute Gasteiger partial charge is 1.00 e. The molecule has 0 spiro atoms. The first kappa shape index (κ1) is 26.4. The van der Waals surface area contributed by atoms with Gasteiger partial charge in [0.25, 0.3) is 0 Å². The molecule has 0 unspecified atom stereocenters. The van der Waals surface area contributed by atoms with Gasteiger partial charge >= 0.3 is 99.2 Å². The zero-order valence-electron chi connectivity index (χ0n) is 10.8. The predicted molar refractivity (Wildman–Crippen MR) is 66.2 cm³/mol. The van der Waals surface area contributed by atoms with Crippen molar-refractivity contribution in [3.8, 4) is 0 Å². The standard InChI is InChI=1S/C11H25Si.3ClH.Sn/c1-5-6-7-8-9-10-11-12(2,3)4;;;;/h2,5-11H2,1,3-4H3;3*1H;/q;;;;+3/p-3. The summed E-state index contributed by atoms with van der Waals surface area (Å²) in [5, 5.41) is 0. The van der Waals surface area contributed by atoms with Gasteiger partial charge in [-0.15, -0.1) is 0 Å². The Balaban J connectivity index is -0.000000240. The average Bonchev–Trinajstić information content (AvgIpc) is 2.11. The molecule has 98 valence electrons. The molecule has 0 aromatic rings. The van der Waals surface area contributed by atoms with Crippen molar-refractivity contribution in [2.24, 2.45) is 0 Å². The molecular weight excluding hydrogens is 385 g/mol. The molecule has 0 aromatic heterocycles. The zero-order valence-corrected chi connectivity index (χ0v) is 16.9. The molecular formula is C11H25Cl3SiSn. The minimum atomic E-state index is -0.706. The van der Waals surface area contributed by atoms with Crippen molar-refractivity contribution in [1.29, 1.82) is 0 Å². The molecule has 0 atom stereocenters. The van der Waals surface area contributed by atoms with Gasteiger partial charge in [-0.3, -0.25) is 0 Å². The van der Waals surface area contributed by atoms with Crippen LogP contribution in [-0.4, -0.2) is 30.6 Å². The van der Waals surface area contributed by atoms with Crippen LogP contribution in [0.4, 0.5) is 0 Å². The fourth-order valence-electron chi connectivity index (χ4n) is 1.47. The molecule has 0 saturated heterocycles. The summed E-state index contributed by atoms with van der Waals surface area (Å²) in [7, 11) is -0.706. The van der Waals surface area contributed by atoms with Crippen LogP contribution in [-0.2, 0) is 0 Å². The van der Waals surface area contributed by atoms with Crippen LogP contribution in [0, 0.1) is 0 Å². The van der Waals surface area contributed by atoms with Gasteiger partial charge in [-0.2, -0.15) is 0 Å². The van der Waals surface area contributed by atoms with Gasteiger partial charge in [0.05, 0.1) is 0 Å². The van der Waals surface area contributed by atoms with E-state index in [-0.39, 0.29) is 37.2 Å². The second-order valence-electron chi connectivity index (χ2n) is 4.86. The molecule has 0 rings (SSSR count). The van der Waals surface area contributed by atoms with E-state index in [9.17, 15) is 0 Å². The Morgan fingerprint density at radius 3 is 1.69 bits per heavy atom. The zero-order chi connectivity index (χ0) is 10.2. The maximum absolute atomic E-state index is 2.55. The summed E-state index contributed by atoms with van der Waals surface area (Å²) in [6, 6.07) is 1.57. The van der Waals surface area contributed by atoms with Crippen LogP contribution in [0.1, 0.15) is 45.4 Å². The molecule has 0 amide bonds. The molecule has 0 bridgehead atoms. The van der Waals surface area contributed by atoms with Gasteiger partial charge in [-0.25, -0.2) is 0 Å². The van der Waals surface area contributed by atoms with Crippen molar-refractivity contribution in [3.05, 3.63) is 0 Å². The number of hydrogen-bond acceptors (Lipinski definition) is 0. The van der Waals surface area contributed by atoms with E-state index in [1.54, 1.807) is 32.6 Å². The summed E-state index contributed by atoms with van der Waals surface area (Å²) in [6.07, 6.45) is 8.77. The summed E-state index contributed by atoms with van der Waals surface area (Å²) in [5.74, 6) is 0. The van der Waals surface area contributed by atoms with E-state index in [0.29, 0.717) is 0 Å². The topological polar surface area (TPSA) is 0 Å². The van der Waals surface area contributed by atoms with E-state index >= 15 is 0 Å². The van der Waals surface area contributed by atoms with Crippen molar-refractivity contribution in [2.75, 3.05) is 0 Å². The van der Waals surface area contributed by atoms with E-state index in [4.69, 9.17) is 0 Å². The largest absolute Gasteiger partial charge is 1.00 e. The molecule has 0 saturated carbocycles. The van der Waals surface area contributed by atoms with Crippen molar-refractivity contribution < 1.29 is 37.2 Å². The molecule has 0 aliphatic heterocycles. The minimum Gasteiger partial charge on any atom is -1.00 e. The third-order valence-electron chi connectivity index (χ3n) is 2.69. The first-order valence-corrected chi connectivity index (χ1v) is 11.2. The van der Waals surface area contributed by atoms with Crippen molar-refractivity contribution >= 4 is 30.6 Å². The summed E-state index contributed by atoms with van der Waals surface area (Å²) in [5.41, 5.74) is 0. The van der Waals surface area contributed by atoms with Crippen LogP contribution >= 0.6 is 0 Å². The summed E-state index contributed by atoms with van der Waals surface area (Å²) in [6.45, 7) is 7.39. The van der Waals surface area contributed by atoms with Gasteiger partial charge < -0.3 is 37.2 Å². The van der Waals surface area contributed by atoms with Crippen molar-refractivity contribution in [1.82, 2.24) is 0 Å². The van der Waals surface area contributed by atoms with Gasteiger partial charge in [0.15, 0.2) is 0 Å². The Morgan fingerprint density at radius 2 is 1.25 bits per heavy atom. The first-order chi connectivity index (χ1) is 6.12. The summed E-state index contributed by atoms with van der Waals surface area (Å²) in [4.78, 5) is 0. The quantitative estimate of drug-likeness (QED) is 0.278. The van der Waals surface area contributed by atoms with E-state index in [2.05, 4.69) is 20.0 Å². The SMILES string of the molecule is CCCCCCCC[Si](C)(C)[CH2][Sn+3].[Cl-].[Cl-].[Cl-]. The van der Waals surface area contributed by atoms with Gasteiger partial charge in [-0.1, -0.05) is 0 Å². The molecule has 5 heteroatoms. The molecule has 0 radical (unpaired) electrons. The molecule has 0 aromatic carbocycles. The second kappa shape index (κ2) is 16.9. The van der Waals surface area contributed by atoms with E-state index < -0.39 is 8.07 Å². The third-order valence-corrected chi connectivity index (χ3v) is 13.5. The minimum absolute atomic E-state index is 0. The molecule has 0 aliphatic rings. The second-order valence-corrected chi connectivity index (χ2v) is 13.1. The Hall–Kier alpha value is 1.89. The normalized spacial score (nSPS) is 9.81. The number of rotatable bonds is 8. The number of unbranched alkanes of at least 4 members (excludes halogenated alkanes) is 5. The molecule has 0 fully saturated rings. The maximum atomic E-state index is 2.55. The van der Waals surface area contributed by atoms with Crippen LogP contribution in [0.25, 0.3) is 0 Å². The summed E-state index contributed by atoms with van der Waals surface area (Å²) < 4.78 is 1.55. The molecule has 16 heavy (non-hydrogen) atoms. The Morgan fingerprint density at radius 1 is 0.812 bits per heavy atom. The van der Waals surface area contributed by atoms with E-state index in [0.717, 1.165) is 0 Å². The van der Waals surface area contributed by atoms with E-state index in [1.807, 2.05) is 0 Å². The fourth-order valence-corrected chi connectivity index (χ4v) is 4.37. The van der Waals surface area contributed by atoms with Gasteiger partial charge in [0.2, 0.25) is 0 Å². The molecule has 0 aliphatic carbocycles. The van der Waals surface area contributed by atoms with Gasteiger partial charge in [-0.05, 0) is 0 Å². The Kier molecular flexibility index (Phi) is 27.9. The van der Waals surface area contributed by atoms with Crippen LogP contribution in [0.2, 0.25) is 23.2 Å². The van der Waals surface area contributed by atoms with Crippen LogP contribution < -0.4 is 37.2 Å². The fraction of sp³-hybridized carbons (Fsp3) is 1.00. The Labute approximate surface area is 135 Å². The number of halogens is 3. The molecule has 0 nitrogen and oxygen atoms in total. The van der Waals surface area contributed by atoms with E-state index in [1.165, 1.54) is 38.5 Å².